The lowest BCUT2D eigenvalue weighted by atomic mass is 9.95. The van der Waals surface area contributed by atoms with Crippen molar-refractivity contribution in [1.82, 2.24) is 14.8 Å². The Bertz CT molecular complexity index is 1520. The van der Waals surface area contributed by atoms with E-state index in [1.54, 1.807) is 0 Å². The third kappa shape index (κ3) is 6.21. The Morgan fingerprint density at radius 1 is 1.21 bits per heavy atom. The van der Waals surface area contributed by atoms with Gasteiger partial charge in [0.05, 0.1) is 21.5 Å². The molecular formula is C25H27F5N6O2S. The van der Waals surface area contributed by atoms with Crippen LogP contribution in [0.2, 0.25) is 0 Å². The Kier molecular flexibility index (Phi) is 7.45. The highest BCUT2D eigenvalue weighted by atomic mass is 32.2. The van der Waals surface area contributed by atoms with Gasteiger partial charge in [-0.25, -0.2) is 22.8 Å². The van der Waals surface area contributed by atoms with Crippen LogP contribution in [0.1, 0.15) is 40.9 Å². The fourth-order valence-corrected chi connectivity index (χ4v) is 5.27. The maximum Gasteiger partial charge on any atom is 0.434 e. The summed E-state index contributed by atoms with van der Waals surface area (Å²) in [6, 6.07) is 5.76. The van der Waals surface area contributed by atoms with Gasteiger partial charge in [-0.15, -0.1) is 0 Å². The zero-order valence-corrected chi connectivity index (χ0v) is 22.2. The number of hydrogen-bond acceptors (Lipinski definition) is 6. The summed E-state index contributed by atoms with van der Waals surface area (Å²) in [7, 11) is -1.58. The van der Waals surface area contributed by atoms with Gasteiger partial charge >= 0.3 is 6.18 Å². The fourth-order valence-electron chi connectivity index (χ4n) is 4.58. The molecule has 0 bridgehead atoms. The topological polar surface area (TPSA) is 104 Å². The van der Waals surface area contributed by atoms with E-state index in [9.17, 15) is 31.0 Å². The molecule has 8 nitrogen and oxygen atoms in total. The number of halogens is 5. The van der Waals surface area contributed by atoms with Crippen LogP contribution in [0.4, 0.5) is 33.5 Å². The molecule has 2 N–H and O–H groups in total. The molecule has 3 aromatic rings. The van der Waals surface area contributed by atoms with Gasteiger partial charge < -0.3 is 10.2 Å². The molecule has 1 saturated heterocycles. The molecule has 0 radical (unpaired) electrons. The number of carbonyl (C=O) groups excluding carboxylic acids is 1. The van der Waals surface area contributed by atoms with Crippen LogP contribution < -0.4 is 10.2 Å². The normalized spacial score (nSPS) is 17.4. The Morgan fingerprint density at radius 3 is 2.54 bits per heavy atom. The van der Waals surface area contributed by atoms with E-state index in [4.69, 9.17) is 4.78 Å². The van der Waals surface area contributed by atoms with E-state index < -0.39 is 46.3 Å². The van der Waals surface area contributed by atoms with Gasteiger partial charge in [-0.05, 0) is 37.1 Å². The van der Waals surface area contributed by atoms with Gasteiger partial charge in [-0.2, -0.15) is 18.3 Å². The van der Waals surface area contributed by atoms with E-state index in [-0.39, 0.29) is 58.2 Å². The summed E-state index contributed by atoms with van der Waals surface area (Å²) in [6.45, 7) is 1.04. The van der Waals surface area contributed by atoms with Gasteiger partial charge in [-0.3, -0.25) is 9.48 Å². The maximum absolute atomic E-state index is 14.3. The summed E-state index contributed by atoms with van der Waals surface area (Å²) >= 11 is 0. The van der Waals surface area contributed by atoms with E-state index in [2.05, 4.69) is 15.4 Å². The molecular weight excluding hydrogens is 543 g/mol. The summed E-state index contributed by atoms with van der Waals surface area (Å²) in [4.78, 5) is 19.0. The van der Waals surface area contributed by atoms with Crippen LogP contribution in [0.15, 0.2) is 41.6 Å². The minimum Gasteiger partial charge on any atom is -0.356 e. The molecule has 0 spiro atoms. The largest absolute Gasteiger partial charge is 0.434 e. The smallest absolute Gasteiger partial charge is 0.356 e. The monoisotopic (exact) mass is 570 g/mol. The average molecular weight is 571 g/mol. The highest BCUT2D eigenvalue weighted by Gasteiger charge is 2.41. The number of rotatable bonds is 5. The number of aromatic nitrogens is 3. The van der Waals surface area contributed by atoms with Gasteiger partial charge in [0.25, 0.3) is 5.91 Å². The van der Waals surface area contributed by atoms with Gasteiger partial charge in [0.1, 0.15) is 5.82 Å². The SMILES string of the molecule is Cc1c(C(=O)Nc2cccc([S@](C)(=N)=O)c2)c(N2CCCC(F)(F)CC2)nc(C(F)(F)F)c1-c1cnn(C)c1. The lowest BCUT2D eigenvalue weighted by molar-refractivity contribution is -0.140. The second-order valence-electron chi connectivity index (χ2n) is 9.58. The first-order valence-corrected chi connectivity index (χ1v) is 13.9. The third-order valence-electron chi connectivity index (χ3n) is 6.48. The van der Waals surface area contributed by atoms with E-state index in [0.717, 1.165) is 0 Å². The molecule has 0 unspecified atom stereocenters. The Balaban J connectivity index is 1.91. The van der Waals surface area contributed by atoms with Crippen molar-refractivity contribution in [2.45, 2.75) is 43.2 Å². The lowest BCUT2D eigenvalue weighted by Gasteiger charge is -2.27. The number of nitrogens with one attached hydrogen (secondary N) is 2. The Labute approximate surface area is 222 Å². The van der Waals surface area contributed by atoms with Crippen molar-refractivity contribution in [3.8, 4) is 11.1 Å². The van der Waals surface area contributed by atoms with Crippen molar-refractivity contribution in [1.29, 1.82) is 4.78 Å². The average Bonchev–Trinajstić information content (AvgIpc) is 3.16. The van der Waals surface area contributed by atoms with Crippen LogP contribution in [-0.4, -0.2) is 50.1 Å². The van der Waals surface area contributed by atoms with E-state index in [0.29, 0.717) is 0 Å². The minimum absolute atomic E-state index is 0.00308. The molecule has 1 aliphatic rings. The molecule has 4 rings (SSSR count). The number of nitrogens with zero attached hydrogens (tertiary/aromatic N) is 4. The van der Waals surface area contributed by atoms with Crippen molar-refractivity contribution < 1.29 is 31.0 Å². The summed E-state index contributed by atoms with van der Waals surface area (Å²) < 4.78 is 92.5. The number of carbonyl (C=O) groups is 1. The van der Waals surface area contributed by atoms with Crippen LogP contribution in [0.5, 0.6) is 0 Å². The molecule has 0 saturated carbocycles. The number of aryl methyl sites for hydroxylation is 1. The molecule has 14 heteroatoms. The molecule has 210 valence electrons. The maximum atomic E-state index is 14.3. The first kappa shape index (κ1) is 28.5. The van der Waals surface area contributed by atoms with E-state index >= 15 is 0 Å². The van der Waals surface area contributed by atoms with Gasteiger partial charge in [0.15, 0.2) is 5.69 Å². The Hall–Kier alpha value is -3.55. The van der Waals surface area contributed by atoms with Gasteiger partial charge in [-0.1, -0.05) is 6.07 Å². The van der Waals surface area contributed by atoms with E-state index in [1.807, 2.05) is 0 Å². The summed E-state index contributed by atoms with van der Waals surface area (Å²) in [5.41, 5.74) is -1.61. The number of benzene rings is 1. The standard InChI is InChI=1S/C25H27F5N6O2S/c1-15-19(16-13-32-35(2)14-16)21(25(28,29)30)34-22(36-10-5-8-24(26,27)9-11-36)20(15)23(37)33-17-6-4-7-18(12-17)39(3,31)38/h4,6-7,12-14,31H,5,8-11H2,1-3H3,(H,33,37)/t39-/m1/s1. The molecule has 39 heavy (non-hydrogen) atoms. The van der Waals surface area contributed by atoms with E-state index in [1.165, 1.54) is 66.5 Å². The van der Waals surface area contributed by atoms with Gasteiger partial charge in [0, 0.05) is 67.1 Å². The predicted octanol–water partition coefficient (Wildman–Crippen LogP) is 5.72. The zero-order valence-electron chi connectivity index (χ0n) is 21.4. The van der Waals surface area contributed by atoms with Crippen LogP contribution in [0, 0.1) is 11.7 Å². The molecule has 0 aliphatic carbocycles. The lowest BCUT2D eigenvalue weighted by Crippen LogP contribution is -2.31. The molecule has 1 aromatic carbocycles. The second kappa shape index (κ2) is 10.2. The zero-order chi connectivity index (χ0) is 28.8. The summed E-state index contributed by atoms with van der Waals surface area (Å²) in [6.07, 6.45) is -2.15. The van der Waals surface area contributed by atoms with Crippen LogP contribution >= 0.6 is 0 Å². The number of anilines is 2. The van der Waals surface area contributed by atoms with Crippen molar-refractivity contribution >= 4 is 27.1 Å². The third-order valence-corrected chi connectivity index (χ3v) is 7.63. The van der Waals surface area contributed by atoms with Crippen LogP contribution in [-0.2, 0) is 23.0 Å². The fraction of sp³-hybridized carbons (Fsp3) is 0.400. The highest BCUT2D eigenvalue weighted by molar-refractivity contribution is 7.91. The molecule has 2 aromatic heterocycles. The van der Waals surface area contributed by atoms with Crippen molar-refractivity contribution in [2.75, 3.05) is 29.6 Å². The number of alkyl halides is 5. The Morgan fingerprint density at radius 2 is 1.92 bits per heavy atom. The number of hydrogen-bond donors (Lipinski definition) is 2. The van der Waals surface area contributed by atoms with Crippen LogP contribution in [0.3, 0.4) is 0 Å². The van der Waals surface area contributed by atoms with Gasteiger partial charge in [0.2, 0.25) is 5.92 Å². The van der Waals surface area contributed by atoms with Crippen molar-refractivity contribution in [3.05, 3.63) is 53.5 Å². The summed E-state index contributed by atoms with van der Waals surface area (Å²) in [5, 5.41) is 6.56. The quantitative estimate of drug-likeness (QED) is 0.382. The first-order chi connectivity index (χ1) is 18.1. The molecule has 1 fully saturated rings. The van der Waals surface area contributed by atoms with Crippen LogP contribution in [0.25, 0.3) is 11.1 Å². The molecule has 1 amide bonds. The molecule has 1 aliphatic heterocycles. The number of amides is 1. The van der Waals surface area contributed by atoms with Crippen molar-refractivity contribution in [2.24, 2.45) is 7.05 Å². The minimum atomic E-state index is -4.92. The molecule has 3 heterocycles. The van der Waals surface area contributed by atoms with Crippen molar-refractivity contribution in [3.63, 3.8) is 0 Å². The predicted molar refractivity (Wildman–Crippen MR) is 137 cm³/mol. The first-order valence-electron chi connectivity index (χ1n) is 12.0. The second-order valence-corrected chi connectivity index (χ2v) is 11.7. The number of pyridine rings is 1. The highest BCUT2D eigenvalue weighted by Crippen LogP contribution is 2.42. The molecule has 1 atom stereocenters. The summed E-state index contributed by atoms with van der Waals surface area (Å²) in [5.74, 6) is -4.16.